The molecule has 2 aromatic carbocycles. The van der Waals surface area contributed by atoms with E-state index in [-0.39, 0.29) is 29.9 Å². The molecule has 1 aliphatic carbocycles. The van der Waals surface area contributed by atoms with Gasteiger partial charge in [0.2, 0.25) is 5.91 Å². The first-order valence-corrected chi connectivity index (χ1v) is 10.4. The predicted octanol–water partition coefficient (Wildman–Crippen LogP) is 6.58. The van der Waals surface area contributed by atoms with Gasteiger partial charge < -0.3 is 10.1 Å². The average Bonchev–Trinajstić information content (AvgIpc) is 2.73. The summed E-state index contributed by atoms with van der Waals surface area (Å²) in [5.41, 5.74) is -0.552. The molecular weight excluding hydrogens is 391 g/mol. The number of carbonyl (C=O) groups excluding carboxylic acids is 1. The fourth-order valence-corrected chi connectivity index (χ4v) is 4.02. The Morgan fingerprint density at radius 2 is 1.73 bits per heavy atom. The van der Waals surface area contributed by atoms with Gasteiger partial charge in [-0.25, -0.2) is 0 Å². The zero-order valence-electron chi connectivity index (χ0n) is 17.4. The van der Waals surface area contributed by atoms with Crippen LogP contribution in [0.2, 0.25) is 0 Å². The molecule has 0 radical (unpaired) electrons. The van der Waals surface area contributed by atoms with Crippen LogP contribution >= 0.6 is 0 Å². The predicted molar refractivity (Wildman–Crippen MR) is 112 cm³/mol. The van der Waals surface area contributed by atoms with Crippen LogP contribution in [0.15, 0.2) is 48.5 Å². The molecule has 2 aromatic rings. The van der Waals surface area contributed by atoms with Crippen molar-refractivity contribution in [1.29, 1.82) is 0 Å². The van der Waals surface area contributed by atoms with Gasteiger partial charge >= 0.3 is 6.18 Å². The summed E-state index contributed by atoms with van der Waals surface area (Å²) >= 11 is 0. The zero-order valence-corrected chi connectivity index (χ0v) is 17.4. The second-order valence-corrected chi connectivity index (χ2v) is 8.38. The van der Waals surface area contributed by atoms with E-state index in [0.29, 0.717) is 12.8 Å². The molecule has 0 atom stereocenters. The number of halogens is 3. The normalized spacial score (nSPS) is 16.3. The molecule has 0 saturated heterocycles. The smallest absolute Gasteiger partial charge is 0.420 e. The van der Waals surface area contributed by atoms with Gasteiger partial charge in [-0.1, -0.05) is 63.4 Å². The average molecular weight is 419 g/mol. The Bertz CT molecular complexity index is 856. The molecule has 1 N–H and O–H groups in total. The van der Waals surface area contributed by atoms with Gasteiger partial charge in [-0.2, -0.15) is 13.2 Å². The van der Waals surface area contributed by atoms with Crippen molar-refractivity contribution in [1.82, 2.24) is 0 Å². The van der Waals surface area contributed by atoms with Crippen molar-refractivity contribution in [3.63, 3.8) is 0 Å². The number of amides is 1. The summed E-state index contributed by atoms with van der Waals surface area (Å²) in [6, 6.07) is 13.3. The number of anilines is 1. The van der Waals surface area contributed by atoms with E-state index in [2.05, 4.69) is 5.32 Å². The van der Waals surface area contributed by atoms with Crippen LogP contribution in [0.5, 0.6) is 5.75 Å². The molecule has 0 spiro atoms. The second-order valence-electron chi connectivity index (χ2n) is 8.38. The lowest BCUT2D eigenvalue weighted by molar-refractivity contribution is -0.139. The number of nitrogens with one attached hydrogen (secondary N) is 1. The van der Waals surface area contributed by atoms with Gasteiger partial charge in [-0.3, -0.25) is 4.79 Å². The monoisotopic (exact) mass is 419 g/mol. The second kappa shape index (κ2) is 9.11. The Balaban J connectivity index is 1.89. The number of hydrogen-bond acceptors (Lipinski definition) is 2. The minimum absolute atomic E-state index is 0.0995. The van der Waals surface area contributed by atoms with Crippen molar-refractivity contribution < 1.29 is 22.7 Å². The van der Waals surface area contributed by atoms with Gasteiger partial charge in [0.15, 0.2) is 0 Å². The maximum absolute atomic E-state index is 13.6. The third kappa shape index (κ3) is 4.97. The van der Waals surface area contributed by atoms with Crippen LogP contribution in [0, 0.1) is 5.92 Å². The van der Waals surface area contributed by atoms with Crippen LogP contribution in [0.1, 0.15) is 57.1 Å². The highest BCUT2D eigenvalue weighted by molar-refractivity contribution is 5.99. The summed E-state index contributed by atoms with van der Waals surface area (Å²) in [6.07, 6.45) is -0.317. The third-order valence-electron chi connectivity index (χ3n) is 5.58. The Hall–Kier alpha value is -2.50. The molecule has 0 heterocycles. The lowest BCUT2D eigenvalue weighted by Gasteiger charge is -2.36. The molecule has 3 rings (SSSR count). The summed E-state index contributed by atoms with van der Waals surface area (Å²) < 4.78 is 46.1. The quantitative estimate of drug-likeness (QED) is 0.574. The molecule has 1 amide bonds. The van der Waals surface area contributed by atoms with Gasteiger partial charge in [0.1, 0.15) is 5.75 Å². The van der Waals surface area contributed by atoms with Gasteiger partial charge in [-0.15, -0.1) is 0 Å². The fraction of sp³-hybridized carbons (Fsp3) is 0.458. The number of carbonyl (C=O) groups is 1. The summed E-state index contributed by atoms with van der Waals surface area (Å²) in [4.78, 5) is 13.3. The van der Waals surface area contributed by atoms with Gasteiger partial charge in [0, 0.05) is 5.69 Å². The van der Waals surface area contributed by atoms with Crippen LogP contribution in [0.25, 0.3) is 0 Å². The van der Waals surface area contributed by atoms with Gasteiger partial charge in [0.05, 0.1) is 17.6 Å². The maximum atomic E-state index is 13.6. The minimum atomic E-state index is -4.57. The molecule has 0 unspecified atom stereocenters. The van der Waals surface area contributed by atoms with E-state index in [1.165, 1.54) is 12.1 Å². The van der Waals surface area contributed by atoms with E-state index >= 15 is 0 Å². The molecule has 0 aliphatic heterocycles. The first kappa shape index (κ1) is 22.2. The molecule has 1 aliphatic rings. The Labute approximate surface area is 175 Å². The van der Waals surface area contributed by atoms with Crippen LogP contribution in [0.3, 0.4) is 0 Å². The highest BCUT2D eigenvalue weighted by Gasteiger charge is 2.41. The van der Waals surface area contributed by atoms with E-state index in [1.807, 2.05) is 44.2 Å². The fourth-order valence-electron chi connectivity index (χ4n) is 4.02. The summed E-state index contributed by atoms with van der Waals surface area (Å²) in [5.74, 6) is -0.371. The number of ether oxygens (including phenoxy) is 1. The molecular formula is C24H28F3NO2. The van der Waals surface area contributed by atoms with E-state index in [1.54, 1.807) is 0 Å². The maximum Gasteiger partial charge on any atom is 0.420 e. The SMILES string of the molecule is CC(C)COc1ccc(NC(=O)C2(c3ccccc3)CCCCC2)cc1C(F)(F)F. The minimum Gasteiger partial charge on any atom is -0.493 e. The van der Waals surface area contributed by atoms with E-state index in [9.17, 15) is 18.0 Å². The van der Waals surface area contributed by atoms with Crippen LogP contribution in [-0.4, -0.2) is 12.5 Å². The van der Waals surface area contributed by atoms with Crippen molar-refractivity contribution in [3.05, 3.63) is 59.7 Å². The van der Waals surface area contributed by atoms with Crippen LogP contribution in [0.4, 0.5) is 18.9 Å². The van der Waals surface area contributed by atoms with Crippen molar-refractivity contribution >= 4 is 11.6 Å². The topological polar surface area (TPSA) is 38.3 Å². The van der Waals surface area contributed by atoms with Crippen LogP contribution < -0.4 is 10.1 Å². The Kier molecular flexibility index (Phi) is 6.74. The van der Waals surface area contributed by atoms with E-state index in [4.69, 9.17) is 4.74 Å². The van der Waals surface area contributed by atoms with E-state index in [0.717, 1.165) is 30.9 Å². The lowest BCUT2D eigenvalue weighted by atomic mass is 9.68. The molecule has 0 bridgehead atoms. The standard InChI is InChI=1S/C24H28F3NO2/c1-17(2)16-30-21-12-11-19(15-20(21)24(25,26)27)28-22(29)23(13-7-4-8-14-23)18-9-5-3-6-10-18/h3,5-6,9-12,15,17H,4,7-8,13-14,16H2,1-2H3,(H,28,29). The highest BCUT2D eigenvalue weighted by Crippen LogP contribution is 2.42. The Morgan fingerprint density at radius 1 is 1.07 bits per heavy atom. The van der Waals surface area contributed by atoms with Gasteiger partial charge in [0.25, 0.3) is 0 Å². The first-order valence-electron chi connectivity index (χ1n) is 10.4. The van der Waals surface area contributed by atoms with Crippen molar-refractivity contribution in [2.75, 3.05) is 11.9 Å². The third-order valence-corrected chi connectivity index (χ3v) is 5.58. The van der Waals surface area contributed by atoms with Crippen molar-refractivity contribution in [2.24, 2.45) is 5.92 Å². The number of hydrogen-bond donors (Lipinski definition) is 1. The largest absolute Gasteiger partial charge is 0.493 e. The van der Waals surface area contributed by atoms with Crippen molar-refractivity contribution in [3.8, 4) is 5.75 Å². The molecule has 1 fully saturated rings. The summed E-state index contributed by atoms with van der Waals surface area (Å²) in [7, 11) is 0. The molecule has 162 valence electrons. The molecule has 3 nitrogen and oxygen atoms in total. The molecule has 30 heavy (non-hydrogen) atoms. The summed E-state index contributed by atoms with van der Waals surface area (Å²) in [6.45, 7) is 3.93. The zero-order chi connectivity index (χ0) is 21.8. The first-order chi connectivity index (χ1) is 14.2. The number of benzene rings is 2. The van der Waals surface area contributed by atoms with Crippen LogP contribution in [-0.2, 0) is 16.4 Å². The summed E-state index contributed by atoms with van der Waals surface area (Å²) in [5, 5.41) is 2.76. The highest BCUT2D eigenvalue weighted by atomic mass is 19.4. The number of rotatable bonds is 6. The molecule has 1 saturated carbocycles. The van der Waals surface area contributed by atoms with Crippen molar-refractivity contribution in [2.45, 2.75) is 57.5 Å². The molecule has 0 aromatic heterocycles. The lowest BCUT2D eigenvalue weighted by Crippen LogP contribution is -2.42. The Morgan fingerprint density at radius 3 is 2.33 bits per heavy atom. The number of alkyl halides is 3. The molecule has 6 heteroatoms. The van der Waals surface area contributed by atoms with E-state index < -0.39 is 17.2 Å². The van der Waals surface area contributed by atoms with Gasteiger partial charge in [-0.05, 0) is 42.5 Å².